The van der Waals surface area contributed by atoms with Crippen molar-refractivity contribution < 1.29 is 19.1 Å². The molecule has 0 fully saturated rings. The fourth-order valence-electron chi connectivity index (χ4n) is 3.50. The highest BCUT2D eigenvalue weighted by molar-refractivity contribution is 6.08. The summed E-state index contributed by atoms with van der Waals surface area (Å²) in [5.41, 5.74) is 3.33. The first kappa shape index (κ1) is 24.0. The van der Waals surface area contributed by atoms with Gasteiger partial charge in [-0.25, -0.2) is 4.79 Å². The number of anilines is 2. The molecule has 0 radical (unpaired) electrons. The van der Waals surface area contributed by atoms with Crippen molar-refractivity contribution in [3.63, 3.8) is 0 Å². The molecule has 172 valence electrons. The summed E-state index contributed by atoms with van der Waals surface area (Å²) in [6, 6.07) is 19.5. The van der Waals surface area contributed by atoms with Crippen LogP contribution in [0.5, 0.6) is 0 Å². The van der Waals surface area contributed by atoms with E-state index in [0.717, 1.165) is 27.6 Å². The molecule has 6 nitrogen and oxygen atoms in total. The zero-order valence-corrected chi connectivity index (χ0v) is 19.6. The molecule has 0 saturated carbocycles. The van der Waals surface area contributed by atoms with Crippen LogP contribution in [-0.4, -0.2) is 45.8 Å². The minimum atomic E-state index is -0.481. The molecule has 6 heteroatoms. The first-order chi connectivity index (χ1) is 15.9. The molecule has 1 amide bonds. The SMILES string of the molecule is CCOC(=O)c1cc(N(C)CCOC)ccc1NC(=O)C=C(C)c1ccc2ccccc2c1. The van der Waals surface area contributed by atoms with Gasteiger partial charge in [0.15, 0.2) is 0 Å². The highest BCUT2D eigenvalue weighted by atomic mass is 16.5. The summed E-state index contributed by atoms with van der Waals surface area (Å²) in [5.74, 6) is -0.795. The zero-order valence-electron chi connectivity index (χ0n) is 19.6. The molecule has 3 aromatic rings. The van der Waals surface area contributed by atoms with Gasteiger partial charge in [-0.1, -0.05) is 36.4 Å². The third kappa shape index (κ3) is 6.20. The highest BCUT2D eigenvalue weighted by Crippen LogP contribution is 2.25. The van der Waals surface area contributed by atoms with Crippen molar-refractivity contribution in [2.24, 2.45) is 0 Å². The molecule has 0 aromatic heterocycles. The van der Waals surface area contributed by atoms with Crippen molar-refractivity contribution in [3.8, 4) is 0 Å². The first-order valence-electron chi connectivity index (χ1n) is 10.9. The van der Waals surface area contributed by atoms with E-state index in [1.54, 1.807) is 26.2 Å². The van der Waals surface area contributed by atoms with Gasteiger partial charge in [0.1, 0.15) is 0 Å². The van der Waals surface area contributed by atoms with Gasteiger partial charge in [-0.2, -0.15) is 0 Å². The fourth-order valence-corrected chi connectivity index (χ4v) is 3.50. The van der Waals surface area contributed by atoms with Crippen LogP contribution in [0.1, 0.15) is 29.8 Å². The Kier molecular flexibility index (Phi) is 8.22. The molecule has 0 aliphatic carbocycles. The summed E-state index contributed by atoms with van der Waals surface area (Å²) < 4.78 is 10.3. The normalized spacial score (nSPS) is 11.3. The van der Waals surface area contributed by atoms with Gasteiger partial charge in [0.05, 0.1) is 24.5 Å². The molecule has 3 rings (SSSR count). The van der Waals surface area contributed by atoms with E-state index < -0.39 is 5.97 Å². The van der Waals surface area contributed by atoms with Gasteiger partial charge in [-0.05, 0) is 60.0 Å². The third-order valence-electron chi connectivity index (χ3n) is 5.38. The van der Waals surface area contributed by atoms with E-state index in [-0.39, 0.29) is 12.5 Å². The lowest BCUT2D eigenvalue weighted by molar-refractivity contribution is -0.111. The molecule has 0 heterocycles. The van der Waals surface area contributed by atoms with Gasteiger partial charge in [0.25, 0.3) is 0 Å². The summed E-state index contributed by atoms with van der Waals surface area (Å²) in [7, 11) is 3.56. The summed E-state index contributed by atoms with van der Waals surface area (Å²) in [6.07, 6.45) is 1.54. The highest BCUT2D eigenvalue weighted by Gasteiger charge is 2.16. The second-order valence-corrected chi connectivity index (χ2v) is 7.74. The van der Waals surface area contributed by atoms with E-state index in [2.05, 4.69) is 17.4 Å². The topological polar surface area (TPSA) is 67.9 Å². The number of benzene rings is 3. The summed E-state index contributed by atoms with van der Waals surface area (Å²) in [5, 5.41) is 5.10. The van der Waals surface area contributed by atoms with Gasteiger partial charge < -0.3 is 19.7 Å². The van der Waals surface area contributed by atoms with Crippen molar-refractivity contribution >= 4 is 39.6 Å². The number of nitrogens with zero attached hydrogens (tertiary/aromatic N) is 1. The lowest BCUT2D eigenvalue weighted by Crippen LogP contribution is -2.23. The molecule has 0 saturated heterocycles. The van der Waals surface area contributed by atoms with Crippen molar-refractivity contribution in [2.45, 2.75) is 13.8 Å². The Labute approximate surface area is 194 Å². The number of likely N-dealkylation sites (N-methyl/N-ethyl adjacent to an activating group) is 1. The van der Waals surface area contributed by atoms with Crippen molar-refractivity contribution in [2.75, 3.05) is 44.1 Å². The largest absolute Gasteiger partial charge is 0.462 e. The lowest BCUT2D eigenvalue weighted by atomic mass is 10.0. The maximum absolute atomic E-state index is 12.8. The number of hydrogen-bond donors (Lipinski definition) is 1. The van der Waals surface area contributed by atoms with E-state index in [0.29, 0.717) is 24.4 Å². The van der Waals surface area contributed by atoms with Gasteiger partial charge >= 0.3 is 5.97 Å². The molecular formula is C27H30N2O4. The van der Waals surface area contributed by atoms with E-state index in [9.17, 15) is 9.59 Å². The van der Waals surface area contributed by atoms with Crippen LogP contribution in [0.25, 0.3) is 16.3 Å². The predicted octanol–water partition coefficient (Wildman–Crippen LogP) is 5.14. The Balaban J connectivity index is 1.83. The molecule has 0 atom stereocenters. The van der Waals surface area contributed by atoms with E-state index in [1.807, 2.05) is 55.3 Å². The Morgan fingerprint density at radius 3 is 2.52 bits per heavy atom. The van der Waals surface area contributed by atoms with Crippen LogP contribution >= 0.6 is 0 Å². The lowest BCUT2D eigenvalue weighted by Gasteiger charge is -2.20. The Bertz CT molecular complexity index is 1170. The first-order valence-corrected chi connectivity index (χ1v) is 10.9. The monoisotopic (exact) mass is 446 g/mol. The minimum Gasteiger partial charge on any atom is -0.462 e. The number of ether oxygens (including phenoxy) is 2. The molecule has 0 unspecified atom stereocenters. The number of carbonyl (C=O) groups is 2. The molecule has 3 aromatic carbocycles. The number of methoxy groups -OCH3 is 1. The Morgan fingerprint density at radius 2 is 1.79 bits per heavy atom. The van der Waals surface area contributed by atoms with Gasteiger partial charge in [0, 0.05) is 32.5 Å². The Morgan fingerprint density at radius 1 is 1.03 bits per heavy atom. The predicted molar refractivity (Wildman–Crippen MR) is 134 cm³/mol. The summed E-state index contributed by atoms with van der Waals surface area (Å²) >= 11 is 0. The van der Waals surface area contributed by atoms with E-state index in [1.165, 1.54) is 6.08 Å². The van der Waals surface area contributed by atoms with Crippen LogP contribution in [0.15, 0.2) is 66.7 Å². The van der Waals surface area contributed by atoms with Crippen LogP contribution in [0.3, 0.4) is 0 Å². The molecular weight excluding hydrogens is 416 g/mol. The number of carbonyl (C=O) groups excluding carboxylic acids is 2. The van der Waals surface area contributed by atoms with Crippen molar-refractivity contribution in [3.05, 3.63) is 77.9 Å². The minimum absolute atomic E-state index is 0.247. The maximum Gasteiger partial charge on any atom is 0.340 e. The standard InChI is InChI=1S/C27H30N2O4/c1-5-33-27(31)24-18-23(29(3)14-15-32-4)12-13-25(24)28-26(30)16-19(2)21-11-10-20-8-6-7-9-22(20)17-21/h6-13,16-18H,5,14-15H2,1-4H3,(H,28,30). The zero-order chi connectivity index (χ0) is 23.8. The second-order valence-electron chi connectivity index (χ2n) is 7.74. The molecule has 0 spiro atoms. The summed E-state index contributed by atoms with van der Waals surface area (Å²) in [6.45, 7) is 5.11. The van der Waals surface area contributed by atoms with E-state index >= 15 is 0 Å². The number of rotatable bonds is 9. The van der Waals surface area contributed by atoms with E-state index in [4.69, 9.17) is 9.47 Å². The van der Waals surface area contributed by atoms with Crippen molar-refractivity contribution in [1.82, 2.24) is 0 Å². The maximum atomic E-state index is 12.8. The van der Waals surface area contributed by atoms with Crippen LogP contribution in [0.4, 0.5) is 11.4 Å². The second kappa shape index (κ2) is 11.3. The number of allylic oxidation sites excluding steroid dienone is 1. The average Bonchev–Trinajstić information content (AvgIpc) is 2.82. The number of hydrogen-bond acceptors (Lipinski definition) is 5. The van der Waals surface area contributed by atoms with Gasteiger partial charge in [0.2, 0.25) is 5.91 Å². The molecule has 1 N–H and O–H groups in total. The molecule has 0 aliphatic rings. The number of esters is 1. The third-order valence-corrected chi connectivity index (χ3v) is 5.38. The molecule has 0 aliphatic heterocycles. The number of amides is 1. The van der Waals surface area contributed by atoms with Crippen LogP contribution in [0, 0.1) is 0 Å². The fraction of sp³-hybridized carbons (Fsp3) is 0.259. The average molecular weight is 447 g/mol. The summed E-state index contributed by atoms with van der Waals surface area (Å²) in [4.78, 5) is 27.3. The smallest absolute Gasteiger partial charge is 0.340 e. The van der Waals surface area contributed by atoms with Crippen molar-refractivity contribution in [1.29, 1.82) is 0 Å². The number of nitrogens with one attached hydrogen (secondary N) is 1. The number of fused-ring (bicyclic) bond motifs is 1. The van der Waals surface area contributed by atoms with Crippen LogP contribution in [-0.2, 0) is 14.3 Å². The Hall–Kier alpha value is -3.64. The van der Waals surface area contributed by atoms with Crippen LogP contribution in [0.2, 0.25) is 0 Å². The molecule has 33 heavy (non-hydrogen) atoms. The van der Waals surface area contributed by atoms with Gasteiger partial charge in [-0.15, -0.1) is 0 Å². The van der Waals surface area contributed by atoms with Gasteiger partial charge in [-0.3, -0.25) is 4.79 Å². The van der Waals surface area contributed by atoms with Crippen LogP contribution < -0.4 is 10.2 Å². The molecule has 0 bridgehead atoms. The quantitative estimate of drug-likeness (QED) is 0.364.